The first-order chi connectivity index (χ1) is 10.0. The van der Waals surface area contributed by atoms with Gasteiger partial charge in [0, 0.05) is 6.20 Å². The molecule has 10 heteroatoms. The van der Waals surface area contributed by atoms with Crippen molar-refractivity contribution in [2.75, 3.05) is 0 Å². The van der Waals surface area contributed by atoms with E-state index in [0.717, 1.165) is 0 Å². The average Bonchev–Trinajstić information content (AvgIpc) is 2.37. The van der Waals surface area contributed by atoms with Crippen molar-refractivity contribution in [1.29, 1.82) is 0 Å². The lowest BCUT2D eigenvalue weighted by molar-refractivity contribution is -0.140. The number of carboxylic acid groups (broad SMARTS) is 1. The lowest BCUT2D eigenvalue weighted by atomic mass is 10.1. The fourth-order valence-corrected chi connectivity index (χ4v) is 1.93. The summed E-state index contributed by atoms with van der Waals surface area (Å²) in [5, 5.41) is 7.79. The van der Waals surface area contributed by atoms with E-state index in [1.54, 1.807) is 0 Å². The zero-order valence-electron chi connectivity index (χ0n) is 10.3. The molecule has 1 heterocycles. The zero-order chi connectivity index (χ0) is 16.8. The maximum absolute atomic E-state index is 13.7. The molecule has 0 amide bonds. The number of alkyl halides is 3. The molecule has 22 heavy (non-hydrogen) atoms. The van der Waals surface area contributed by atoms with Crippen LogP contribution in [0.2, 0.25) is 0 Å². The molecule has 1 aromatic carbocycles. The first kappa shape index (κ1) is 15.9. The Kier molecular flexibility index (Phi) is 3.63. The maximum Gasteiger partial charge on any atom is 0.406 e. The summed E-state index contributed by atoms with van der Waals surface area (Å²) in [5.41, 5.74) is -3.70. The molecule has 0 aliphatic heterocycles. The number of rotatable bonds is 2. The minimum atomic E-state index is -4.91. The zero-order valence-corrected chi connectivity index (χ0v) is 10.3. The molecule has 1 N–H and O–H groups in total. The van der Waals surface area contributed by atoms with Crippen molar-refractivity contribution in [3.05, 3.63) is 45.5 Å². The molecular formula is C12H5F6NO3. The van der Waals surface area contributed by atoms with Crippen molar-refractivity contribution in [3.63, 3.8) is 0 Å². The molecule has 0 aliphatic carbocycles. The molecule has 0 unspecified atom stereocenters. The Morgan fingerprint density at radius 1 is 1.18 bits per heavy atom. The maximum atomic E-state index is 13.7. The fraction of sp³-hybridized carbons (Fsp3) is 0.167. The van der Waals surface area contributed by atoms with Crippen molar-refractivity contribution < 1.29 is 36.2 Å². The molecule has 0 atom stereocenters. The van der Waals surface area contributed by atoms with E-state index < -0.39 is 58.0 Å². The van der Waals surface area contributed by atoms with Gasteiger partial charge in [-0.05, 0) is 6.07 Å². The van der Waals surface area contributed by atoms with Gasteiger partial charge in [-0.1, -0.05) is 0 Å². The monoisotopic (exact) mass is 325 g/mol. The van der Waals surface area contributed by atoms with Gasteiger partial charge in [-0.15, -0.1) is 0 Å². The van der Waals surface area contributed by atoms with Gasteiger partial charge in [0.25, 0.3) is 0 Å². The molecule has 0 saturated carbocycles. The number of carbonyl (C=O) groups is 1. The van der Waals surface area contributed by atoms with Crippen LogP contribution in [0, 0.1) is 17.5 Å². The first-order valence-electron chi connectivity index (χ1n) is 5.53. The van der Waals surface area contributed by atoms with Gasteiger partial charge in [-0.3, -0.25) is 4.79 Å². The summed E-state index contributed by atoms with van der Waals surface area (Å²) >= 11 is 0. The van der Waals surface area contributed by atoms with Crippen LogP contribution >= 0.6 is 0 Å². The third kappa shape index (κ3) is 2.63. The minimum absolute atomic E-state index is 0.0119. The molecule has 0 fully saturated rings. The van der Waals surface area contributed by atoms with Gasteiger partial charge < -0.3 is 9.67 Å². The Bertz CT molecular complexity index is 840. The topological polar surface area (TPSA) is 59.3 Å². The number of carboxylic acids is 1. The number of fused-ring (bicyclic) bond motifs is 1. The second-order valence-electron chi connectivity index (χ2n) is 4.30. The Morgan fingerprint density at radius 3 is 2.27 bits per heavy atom. The van der Waals surface area contributed by atoms with Gasteiger partial charge >= 0.3 is 12.1 Å². The summed E-state index contributed by atoms with van der Waals surface area (Å²) < 4.78 is 77.5. The average molecular weight is 325 g/mol. The third-order valence-electron chi connectivity index (χ3n) is 2.78. The first-order valence-corrected chi connectivity index (χ1v) is 5.53. The van der Waals surface area contributed by atoms with Crippen LogP contribution < -0.4 is 5.43 Å². The Hall–Kier alpha value is -2.52. The summed E-state index contributed by atoms with van der Waals surface area (Å²) in [7, 11) is 0. The van der Waals surface area contributed by atoms with Gasteiger partial charge in [0.05, 0.1) is 10.9 Å². The molecular weight excluding hydrogens is 320 g/mol. The molecule has 0 aliphatic rings. The van der Waals surface area contributed by atoms with Gasteiger partial charge in [-0.25, -0.2) is 18.0 Å². The number of benzene rings is 1. The van der Waals surface area contributed by atoms with Gasteiger partial charge in [-0.2, -0.15) is 13.2 Å². The quantitative estimate of drug-likeness (QED) is 0.682. The molecule has 2 aromatic rings. The van der Waals surface area contributed by atoms with Crippen LogP contribution in [-0.2, 0) is 6.54 Å². The van der Waals surface area contributed by atoms with Crippen LogP contribution in [0.1, 0.15) is 10.4 Å². The number of halogens is 6. The standard InChI is InChI=1S/C12H5F6NO3/c13-6-1-4-9(8(15)7(6)14)19(3-12(16,17)18)2-5(10(4)20)11(21)22/h1-2H,3H2,(H,21,22). The highest BCUT2D eigenvalue weighted by Crippen LogP contribution is 2.25. The number of aromatic nitrogens is 1. The van der Waals surface area contributed by atoms with Gasteiger partial charge in [0.15, 0.2) is 17.5 Å². The molecule has 0 radical (unpaired) electrons. The van der Waals surface area contributed by atoms with Crippen LogP contribution in [-0.4, -0.2) is 21.8 Å². The second kappa shape index (κ2) is 5.04. The van der Waals surface area contributed by atoms with E-state index in [9.17, 15) is 35.9 Å². The number of hydrogen-bond acceptors (Lipinski definition) is 2. The fourth-order valence-electron chi connectivity index (χ4n) is 1.93. The molecule has 1 aromatic heterocycles. The summed E-state index contributed by atoms with van der Waals surface area (Å²) in [5.74, 6) is -7.77. The number of nitrogens with zero attached hydrogens (tertiary/aromatic N) is 1. The van der Waals surface area contributed by atoms with E-state index in [-0.39, 0.29) is 16.8 Å². The third-order valence-corrected chi connectivity index (χ3v) is 2.78. The van der Waals surface area contributed by atoms with E-state index in [1.165, 1.54) is 0 Å². The van der Waals surface area contributed by atoms with Crippen molar-refractivity contribution in [2.24, 2.45) is 0 Å². The molecule has 0 spiro atoms. The summed E-state index contributed by atoms with van der Waals surface area (Å²) in [6.07, 6.45) is -4.67. The Labute approximate surface area is 117 Å². The SMILES string of the molecule is O=C(O)c1cn(CC(F)(F)F)c2c(F)c(F)c(F)cc2c1=O. The van der Waals surface area contributed by atoms with E-state index in [0.29, 0.717) is 0 Å². The van der Waals surface area contributed by atoms with Crippen LogP contribution in [0.5, 0.6) is 0 Å². The van der Waals surface area contributed by atoms with E-state index in [4.69, 9.17) is 5.11 Å². The number of aromatic carboxylic acids is 1. The largest absolute Gasteiger partial charge is 0.477 e. The molecule has 118 valence electrons. The Balaban J connectivity index is 2.99. The van der Waals surface area contributed by atoms with E-state index in [1.807, 2.05) is 0 Å². The Morgan fingerprint density at radius 2 is 1.77 bits per heavy atom. The molecule has 0 saturated heterocycles. The lowest BCUT2D eigenvalue weighted by Gasteiger charge is -2.15. The number of pyridine rings is 1. The van der Waals surface area contributed by atoms with Crippen LogP contribution in [0.4, 0.5) is 26.3 Å². The second-order valence-corrected chi connectivity index (χ2v) is 4.30. The van der Waals surface area contributed by atoms with E-state index >= 15 is 0 Å². The summed E-state index contributed by atoms with van der Waals surface area (Å²) in [6, 6.07) is 0.162. The normalized spacial score (nSPS) is 11.9. The van der Waals surface area contributed by atoms with Gasteiger partial charge in [0.1, 0.15) is 12.1 Å². The van der Waals surface area contributed by atoms with E-state index in [2.05, 4.69) is 0 Å². The van der Waals surface area contributed by atoms with Gasteiger partial charge in [0.2, 0.25) is 5.43 Å². The smallest absolute Gasteiger partial charge is 0.406 e. The van der Waals surface area contributed by atoms with Crippen molar-refractivity contribution in [1.82, 2.24) is 4.57 Å². The predicted molar refractivity (Wildman–Crippen MR) is 61.1 cm³/mol. The predicted octanol–water partition coefficient (Wildman–Crippen LogP) is 2.68. The van der Waals surface area contributed by atoms with Crippen LogP contribution in [0.3, 0.4) is 0 Å². The summed E-state index contributed by atoms with van der Waals surface area (Å²) in [4.78, 5) is 22.6. The number of hydrogen-bond donors (Lipinski definition) is 1. The van der Waals surface area contributed by atoms with Crippen LogP contribution in [0.25, 0.3) is 10.9 Å². The lowest BCUT2D eigenvalue weighted by Crippen LogP contribution is -2.25. The highest BCUT2D eigenvalue weighted by atomic mass is 19.4. The van der Waals surface area contributed by atoms with Crippen LogP contribution in [0.15, 0.2) is 17.1 Å². The summed E-state index contributed by atoms with van der Waals surface area (Å²) in [6.45, 7) is -1.88. The van der Waals surface area contributed by atoms with Crippen molar-refractivity contribution in [2.45, 2.75) is 12.7 Å². The highest BCUT2D eigenvalue weighted by molar-refractivity contribution is 5.92. The van der Waals surface area contributed by atoms with Crippen molar-refractivity contribution in [3.8, 4) is 0 Å². The minimum Gasteiger partial charge on any atom is -0.477 e. The van der Waals surface area contributed by atoms with Crippen molar-refractivity contribution >= 4 is 16.9 Å². The molecule has 4 nitrogen and oxygen atoms in total. The molecule has 0 bridgehead atoms. The molecule has 2 rings (SSSR count). The highest BCUT2D eigenvalue weighted by Gasteiger charge is 2.31.